The first kappa shape index (κ1) is 33.3. The molecule has 0 saturated carbocycles. The molecular weight excluding hydrogens is 504 g/mol. The highest BCUT2D eigenvalue weighted by molar-refractivity contribution is 5.69. The monoisotopic (exact) mass is 552 g/mol. The fourth-order valence-corrected chi connectivity index (χ4v) is 4.66. The summed E-state index contributed by atoms with van der Waals surface area (Å²) in [6, 6.07) is 0. The van der Waals surface area contributed by atoms with Crippen molar-refractivity contribution in [2.24, 2.45) is 0 Å². The molecule has 38 heavy (non-hydrogen) atoms. The van der Waals surface area contributed by atoms with Crippen molar-refractivity contribution in [3.05, 3.63) is 0 Å². The maximum absolute atomic E-state index is 12.1. The third-order valence-corrected chi connectivity index (χ3v) is 7.18. The molecule has 2 saturated heterocycles. The molecule has 2 heterocycles. The van der Waals surface area contributed by atoms with Gasteiger partial charge in [-0.05, 0) is 6.42 Å². The minimum Gasteiger partial charge on any atom is -0.463 e. The number of unbranched alkanes of at least 4 members (excludes halogenated alkanes) is 10. The van der Waals surface area contributed by atoms with Gasteiger partial charge in [0.2, 0.25) is 0 Å². The minimum absolute atomic E-state index is 0.204. The molecule has 0 amide bonds. The van der Waals surface area contributed by atoms with Gasteiger partial charge in [-0.2, -0.15) is 0 Å². The number of esters is 1. The zero-order valence-electron chi connectivity index (χ0n) is 22.3. The molecule has 2 rings (SSSR count). The molecule has 224 valence electrons. The fraction of sp³-hybridized carbons (Fsp3) is 0.962. The van der Waals surface area contributed by atoms with Crippen LogP contribution in [0.1, 0.15) is 84.0 Å². The predicted octanol–water partition coefficient (Wildman–Crippen LogP) is -0.145. The van der Waals surface area contributed by atoms with E-state index in [1.807, 2.05) is 0 Å². The number of carbonyl (C=O) groups is 1. The summed E-state index contributed by atoms with van der Waals surface area (Å²) in [6.45, 7) is 1.12. The third-order valence-electron chi connectivity index (χ3n) is 7.18. The van der Waals surface area contributed by atoms with Gasteiger partial charge in [0.1, 0.15) is 55.4 Å². The van der Waals surface area contributed by atoms with E-state index in [0.717, 1.165) is 19.3 Å². The fourth-order valence-electron chi connectivity index (χ4n) is 4.66. The van der Waals surface area contributed by atoms with Crippen LogP contribution in [0.2, 0.25) is 0 Å². The first-order chi connectivity index (χ1) is 18.2. The third kappa shape index (κ3) is 10.2. The van der Waals surface area contributed by atoms with Gasteiger partial charge in [0.25, 0.3) is 0 Å². The lowest BCUT2D eigenvalue weighted by molar-refractivity contribution is -0.376. The van der Waals surface area contributed by atoms with Crippen LogP contribution in [-0.2, 0) is 23.7 Å². The zero-order valence-corrected chi connectivity index (χ0v) is 22.3. The zero-order chi connectivity index (χ0) is 28.1. The number of rotatable bonds is 17. The molecule has 0 bridgehead atoms. The number of carbonyl (C=O) groups excluding carboxylic acids is 1. The molecule has 10 atom stereocenters. The van der Waals surface area contributed by atoms with E-state index in [2.05, 4.69) is 6.92 Å². The maximum atomic E-state index is 12.1. The molecule has 0 aliphatic carbocycles. The van der Waals surface area contributed by atoms with Crippen LogP contribution in [0.3, 0.4) is 0 Å². The van der Waals surface area contributed by atoms with Crippen molar-refractivity contribution in [2.45, 2.75) is 145 Å². The molecule has 2 aliphatic heterocycles. The second-order valence-electron chi connectivity index (χ2n) is 10.3. The molecule has 0 unspecified atom stereocenters. The van der Waals surface area contributed by atoms with Crippen molar-refractivity contribution >= 4 is 5.97 Å². The van der Waals surface area contributed by atoms with Crippen molar-refractivity contribution in [1.29, 1.82) is 0 Å². The quantitative estimate of drug-likeness (QED) is 0.0933. The van der Waals surface area contributed by atoms with Crippen molar-refractivity contribution in [1.82, 2.24) is 0 Å². The molecule has 0 aromatic heterocycles. The normalized spacial score (nSPS) is 35.8. The van der Waals surface area contributed by atoms with Gasteiger partial charge in [-0.25, -0.2) is 0 Å². The highest BCUT2D eigenvalue weighted by Gasteiger charge is 2.49. The summed E-state index contributed by atoms with van der Waals surface area (Å²) in [5, 5.41) is 70.0. The van der Waals surface area contributed by atoms with Crippen molar-refractivity contribution in [3.63, 3.8) is 0 Å². The van der Waals surface area contributed by atoms with Crippen LogP contribution in [0, 0.1) is 0 Å². The van der Waals surface area contributed by atoms with Crippen LogP contribution < -0.4 is 0 Å². The van der Waals surface area contributed by atoms with Crippen LogP contribution in [0.25, 0.3) is 0 Å². The topological polar surface area (TPSA) is 196 Å². The van der Waals surface area contributed by atoms with E-state index in [-0.39, 0.29) is 6.42 Å². The molecular formula is C26H48O12. The largest absolute Gasteiger partial charge is 0.463 e. The van der Waals surface area contributed by atoms with Crippen LogP contribution >= 0.6 is 0 Å². The predicted molar refractivity (Wildman–Crippen MR) is 134 cm³/mol. The average Bonchev–Trinajstić information content (AvgIpc) is 2.91. The summed E-state index contributed by atoms with van der Waals surface area (Å²) in [4.78, 5) is 12.1. The van der Waals surface area contributed by atoms with Crippen LogP contribution in [0.4, 0.5) is 0 Å². The molecule has 12 heteroatoms. The molecule has 12 nitrogen and oxygen atoms in total. The summed E-state index contributed by atoms with van der Waals surface area (Å²) in [7, 11) is 0. The van der Waals surface area contributed by atoms with Gasteiger partial charge in [-0.3, -0.25) is 4.79 Å². The van der Waals surface area contributed by atoms with Crippen LogP contribution in [0.15, 0.2) is 0 Å². The SMILES string of the molecule is CCCCCCCCCCCCCC(=O)OC[C@@H]1O[C@H](O[C@H]2O[C@H](CO)[C@@H](O)[C@@H](O)[C@@H]2O)[C@@H](O)[C@@H](O)[C@@H]1O. The minimum atomic E-state index is -1.76. The van der Waals surface area contributed by atoms with Gasteiger partial charge in [-0.15, -0.1) is 0 Å². The Hall–Kier alpha value is -0.930. The molecule has 0 aromatic carbocycles. The number of hydrogen-bond donors (Lipinski definition) is 7. The molecule has 7 N–H and O–H groups in total. The van der Waals surface area contributed by atoms with Gasteiger partial charge >= 0.3 is 5.97 Å². The highest BCUT2D eigenvalue weighted by Crippen LogP contribution is 2.28. The van der Waals surface area contributed by atoms with E-state index in [4.69, 9.17) is 18.9 Å². The molecule has 0 radical (unpaired) electrons. The summed E-state index contributed by atoms with van der Waals surface area (Å²) in [5.41, 5.74) is 0. The molecule has 2 fully saturated rings. The summed E-state index contributed by atoms with van der Waals surface area (Å²) in [6.07, 6.45) is -3.03. The van der Waals surface area contributed by atoms with Gasteiger partial charge in [0.05, 0.1) is 6.61 Å². The van der Waals surface area contributed by atoms with Crippen LogP contribution in [-0.4, -0.2) is 116 Å². The maximum Gasteiger partial charge on any atom is 0.305 e. The average molecular weight is 553 g/mol. The number of aliphatic hydroxyl groups excluding tert-OH is 7. The molecule has 0 spiro atoms. The van der Waals surface area contributed by atoms with Crippen molar-refractivity contribution < 1.29 is 59.5 Å². The summed E-state index contributed by atoms with van der Waals surface area (Å²) >= 11 is 0. The lowest BCUT2D eigenvalue weighted by atomic mass is 9.98. The lowest BCUT2D eigenvalue weighted by Gasteiger charge is -2.44. The Morgan fingerprint density at radius 1 is 0.632 bits per heavy atom. The first-order valence-corrected chi connectivity index (χ1v) is 14.0. The Morgan fingerprint density at radius 2 is 1.08 bits per heavy atom. The summed E-state index contributed by atoms with van der Waals surface area (Å²) < 4.78 is 21.3. The van der Waals surface area contributed by atoms with Gasteiger partial charge in [-0.1, -0.05) is 71.1 Å². The van der Waals surface area contributed by atoms with Crippen molar-refractivity contribution in [2.75, 3.05) is 13.2 Å². The van der Waals surface area contributed by atoms with Crippen molar-refractivity contribution in [3.8, 4) is 0 Å². The van der Waals surface area contributed by atoms with Gasteiger partial charge in [0, 0.05) is 6.42 Å². The standard InChI is InChI=1S/C26H48O12/c1-2-3-4-5-6-7-8-9-10-11-12-13-18(28)35-15-17-20(30)22(32)24(34)26(37-17)38-25-23(33)21(31)19(29)16(14-27)36-25/h16-17,19-27,29-34H,2-15H2,1H3/t16-,17+,19-,20-,21-,22+,23+,24+,25-,26-/m1/s1. The Labute approximate surface area is 224 Å². The summed E-state index contributed by atoms with van der Waals surface area (Å²) in [5.74, 6) is -0.483. The smallest absolute Gasteiger partial charge is 0.305 e. The van der Waals surface area contributed by atoms with E-state index in [1.54, 1.807) is 0 Å². The Morgan fingerprint density at radius 3 is 1.58 bits per heavy atom. The molecule has 2 aliphatic rings. The van der Waals surface area contributed by atoms with Gasteiger partial charge in [0.15, 0.2) is 12.6 Å². The second kappa shape index (κ2) is 17.7. The van der Waals surface area contributed by atoms with E-state index in [0.29, 0.717) is 6.42 Å². The van der Waals surface area contributed by atoms with E-state index in [9.17, 15) is 40.5 Å². The first-order valence-electron chi connectivity index (χ1n) is 14.0. The van der Waals surface area contributed by atoms with E-state index >= 15 is 0 Å². The lowest BCUT2D eigenvalue weighted by Crippen LogP contribution is -2.63. The van der Waals surface area contributed by atoms with E-state index in [1.165, 1.54) is 44.9 Å². The number of ether oxygens (including phenoxy) is 4. The number of hydrogen-bond acceptors (Lipinski definition) is 12. The Bertz CT molecular complexity index is 650. The van der Waals surface area contributed by atoms with Crippen LogP contribution in [0.5, 0.6) is 0 Å². The second-order valence-corrected chi connectivity index (χ2v) is 10.3. The number of aliphatic hydroxyl groups is 7. The molecule has 0 aromatic rings. The Kier molecular flexibility index (Phi) is 15.5. The van der Waals surface area contributed by atoms with E-state index < -0.39 is 80.6 Å². The Balaban J connectivity index is 1.70. The highest BCUT2D eigenvalue weighted by atomic mass is 16.8. The van der Waals surface area contributed by atoms with Gasteiger partial charge < -0.3 is 54.7 Å².